The maximum absolute atomic E-state index is 11.0. The first-order valence-electron chi connectivity index (χ1n) is 11.1. The van der Waals surface area contributed by atoms with Crippen molar-refractivity contribution in [2.75, 3.05) is 14.2 Å². The van der Waals surface area contributed by atoms with Crippen LogP contribution in [0.1, 0.15) is 59.2 Å². The lowest BCUT2D eigenvalue weighted by molar-refractivity contribution is 0.0585. The molecule has 0 spiro atoms. The van der Waals surface area contributed by atoms with Crippen LogP contribution in [-0.2, 0) is 9.47 Å². The monoisotopic (exact) mass is 513 g/mol. The number of aromatic hydroxyl groups is 1. The Bertz CT molecular complexity index is 1100. The largest absolute Gasteiger partial charge is 0.506 e. The molecule has 0 saturated heterocycles. The molecule has 0 saturated carbocycles. The summed E-state index contributed by atoms with van der Waals surface area (Å²) in [4.78, 5) is 43.4. The van der Waals surface area contributed by atoms with E-state index in [1.807, 2.05) is 27.7 Å². The minimum Gasteiger partial charge on any atom is -0.506 e. The lowest BCUT2D eigenvalue weighted by Crippen LogP contribution is -2.07. The van der Waals surface area contributed by atoms with Crippen LogP contribution >= 0.6 is 0 Å². The molecule has 0 aromatic carbocycles. The average Bonchev–Trinajstić information content (AvgIpc) is 2.89. The van der Waals surface area contributed by atoms with Gasteiger partial charge in [-0.1, -0.05) is 0 Å². The predicted molar refractivity (Wildman–Crippen MR) is 134 cm³/mol. The molecule has 0 radical (unpaired) electrons. The van der Waals surface area contributed by atoms with E-state index in [-0.39, 0.29) is 29.3 Å². The molecule has 11 heteroatoms. The molecular formula is C26H31N3O8. The quantitative estimate of drug-likeness (QED) is 0.362. The van der Waals surface area contributed by atoms with Gasteiger partial charge in [-0.25, -0.2) is 24.5 Å². The number of methoxy groups -OCH3 is 2. The first kappa shape index (κ1) is 30.5. The highest BCUT2D eigenvalue weighted by atomic mass is 16.5. The highest BCUT2D eigenvalue weighted by Gasteiger charge is 2.07. The van der Waals surface area contributed by atoms with Gasteiger partial charge in [-0.15, -0.1) is 0 Å². The van der Waals surface area contributed by atoms with Gasteiger partial charge in [0.2, 0.25) is 0 Å². The summed E-state index contributed by atoms with van der Waals surface area (Å²) in [6, 6.07) is 9.39. The van der Waals surface area contributed by atoms with E-state index >= 15 is 0 Å². The van der Waals surface area contributed by atoms with Crippen LogP contribution in [0.15, 0.2) is 55.0 Å². The average molecular weight is 514 g/mol. The number of hydrogen-bond donors (Lipinski definition) is 1. The van der Waals surface area contributed by atoms with E-state index in [0.717, 1.165) is 0 Å². The summed E-state index contributed by atoms with van der Waals surface area (Å²) in [7, 11) is 2.60. The van der Waals surface area contributed by atoms with Crippen LogP contribution in [-0.4, -0.2) is 64.7 Å². The van der Waals surface area contributed by atoms with E-state index in [4.69, 9.17) is 14.6 Å². The number of carbonyl (C=O) groups excluding carboxylic acids is 3. The van der Waals surface area contributed by atoms with Crippen LogP contribution < -0.4 is 9.47 Å². The molecular weight excluding hydrogens is 482 g/mol. The Balaban J connectivity index is 0.000000280. The lowest BCUT2D eigenvalue weighted by atomic mass is 10.3. The van der Waals surface area contributed by atoms with Crippen LogP contribution in [0.3, 0.4) is 0 Å². The van der Waals surface area contributed by atoms with Gasteiger partial charge in [0.15, 0.2) is 6.29 Å². The van der Waals surface area contributed by atoms with Crippen molar-refractivity contribution >= 4 is 18.2 Å². The van der Waals surface area contributed by atoms with Gasteiger partial charge in [-0.05, 0) is 64.1 Å². The standard InChI is InChI=1S/C10H13NO3.C9H11NO2.C7H7NO3/c1-7(2)14-8-4-5-9(11-6-8)10(12)13-3;1-7(2)12-9-4-3-8(6-11)10-5-9;1-11-7(10)6-3-2-5(9)4-8-6/h4-7H,1-3H3;3-7H,1-2H3;2-4,9H,1H3. The molecule has 1 N–H and O–H groups in total. The molecule has 0 unspecified atom stereocenters. The van der Waals surface area contributed by atoms with Crippen molar-refractivity contribution in [3.05, 3.63) is 72.1 Å². The normalized spacial score (nSPS) is 9.73. The van der Waals surface area contributed by atoms with E-state index in [1.165, 1.54) is 38.7 Å². The van der Waals surface area contributed by atoms with Crippen molar-refractivity contribution in [2.24, 2.45) is 0 Å². The minimum atomic E-state index is -0.509. The summed E-state index contributed by atoms with van der Waals surface area (Å²) < 4.78 is 19.6. The van der Waals surface area contributed by atoms with Crippen molar-refractivity contribution < 1.29 is 38.4 Å². The summed E-state index contributed by atoms with van der Waals surface area (Å²) >= 11 is 0. The molecule has 0 aliphatic heterocycles. The molecule has 0 aliphatic carbocycles. The number of ether oxygens (including phenoxy) is 4. The number of carbonyl (C=O) groups is 3. The number of aromatic nitrogens is 3. The topological polar surface area (TPSA) is 147 Å². The van der Waals surface area contributed by atoms with Gasteiger partial charge in [-0.2, -0.15) is 0 Å². The van der Waals surface area contributed by atoms with E-state index in [9.17, 15) is 14.4 Å². The molecule has 0 fully saturated rings. The van der Waals surface area contributed by atoms with Crippen LogP contribution in [0, 0.1) is 0 Å². The molecule has 3 aromatic heterocycles. The van der Waals surface area contributed by atoms with Crippen molar-refractivity contribution in [1.29, 1.82) is 0 Å². The lowest BCUT2D eigenvalue weighted by Gasteiger charge is -2.08. The van der Waals surface area contributed by atoms with Crippen LogP contribution in [0.2, 0.25) is 0 Å². The van der Waals surface area contributed by atoms with Gasteiger partial charge >= 0.3 is 11.9 Å². The zero-order chi connectivity index (χ0) is 27.8. The Hall–Kier alpha value is -4.54. The highest BCUT2D eigenvalue weighted by Crippen LogP contribution is 2.12. The molecule has 198 valence electrons. The van der Waals surface area contributed by atoms with Gasteiger partial charge in [0.25, 0.3) is 0 Å². The Morgan fingerprint density at radius 3 is 1.51 bits per heavy atom. The van der Waals surface area contributed by atoms with Crippen molar-refractivity contribution in [3.63, 3.8) is 0 Å². The molecule has 0 bridgehead atoms. The minimum absolute atomic E-state index is 0.0256. The summed E-state index contributed by atoms with van der Waals surface area (Å²) in [5.74, 6) is 0.409. The second-order valence-corrected chi connectivity index (χ2v) is 7.63. The SMILES string of the molecule is CC(C)Oc1ccc(C=O)nc1.COC(=O)c1ccc(O)cn1.COC(=O)c1ccc(OC(C)C)cn1. The molecule has 0 atom stereocenters. The molecule has 11 nitrogen and oxygen atoms in total. The Morgan fingerprint density at radius 2 is 1.19 bits per heavy atom. The number of aldehydes is 1. The van der Waals surface area contributed by atoms with Gasteiger partial charge in [0.05, 0.1) is 45.0 Å². The first-order valence-corrected chi connectivity index (χ1v) is 11.1. The molecule has 37 heavy (non-hydrogen) atoms. The summed E-state index contributed by atoms with van der Waals surface area (Å²) in [6.45, 7) is 7.73. The summed E-state index contributed by atoms with van der Waals surface area (Å²) in [6.07, 6.45) is 5.18. The van der Waals surface area contributed by atoms with Gasteiger partial charge in [0.1, 0.15) is 34.3 Å². The smallest absolute Gasteiger partial charge is 0.356 e. The second kappa shape index (κ2) is 16.2. The summed E-state index contributed by atoms with van der Waals surface area (Å²) in [5, 5.41) is 8.80. The molecule has 0 aliphatic rings. The summed E-state index contributed by atoms with van der Waals surface area (Å²) in [5.41, 5.74) is 0.889. The maximum atomic E-state index is 11.0. The molecule has 3 heterocycles. The van der Waals surface area contributed by atoms with Crippen LogP contribution in [0.4, 0.5) is 0 Å². The number of hydrogen-bond acceptors (Lipinski definition) is 11. The molecule has 0 amide bonds. The predicted octanol–water partition coefficient (Wildman–Crippen LogP) is 3.91. The van der Waals surface area contributed by atoms with Crippen LogP contribution in [0.25, 0.3) is 0 Å². The molecule has 3 aromatic rings. The van der Waals surface area contributed by atoms with Crippen LogP contribution in [0.5, 0.6) is 17.2 Å². The Kier molecular flexibility index (Phi) is 13.3. The van der Waals surface area contributed by atoms with Crippen molar-refractivity contribution in [1.82, 2.24) is 15.0 Å². The van der Waals surface area contributed by atoms with E-state index in [2.05, 4.69) is 24.4 Å². The van der Waals surface area contributed by atoms with E-state index in [1.54, 1.807) is 30.5 Å². The van der Waals surface area contributed by atoms with Gasteiger partial charge < -0.3 is 24.1 Å². The van der Waals surface area contributed by atoms with E-state index in [0.29, 0.717) is 23.5 Å². The number of esters is 2. The fourth-order valence-electron chi connectivity index (χ4n) is 2.36. The number of nitrogens with zero attached hydrogens (tertiary/aromatic N) is 3. The first-order chi connectivity index (χ1) is 17.6. The Labute approximate surface area is 215 Å². The highest BCUT2D eigenvalue weighted by molar-refractivity contribution is 5.87. The van der Waals surface area contributed by atoms with Crippen molar-refractivity contribution in [2.45, 2.75) is 39.9 Å². The van der Waals surface area contributed by atoms with E-state index < -0.39 is 11.9 Å². The van der Waals surface area contributed by atoms with Gasteiger partial charge in [0, 0.05) is 0 Å². The van der Waals surface area contributed by atoms with Gasteiger partial charge in [-0.3, -0.25) is 4.79 Å². The fraction of sp³-hybridized carbons (Fsp3) is 0.308. The molecule has 3 rings (SSSR count). The maximum Gasteiger partial charge on any atom is 0.356 e. The third-order valence-corrected chi connectivity index (χ3v) is 3.90. The number of rotatable bonds is 7. The second-order valence-electron chi connectivity index (χ2n) is 7.63. The third kappa shape index (κ3) is 12.1. The fourth-order valence-corrected chi connectivity index (χ4v) is 2.36. The zero-order valence-electron chi connectivity index (χ0n) is 21.6. The third-order valence-electron chi connectivity index (χ3n) is 3.90. The zero-order valence-corrected chi connectivity index (χ0v) is 21.6. The Morgan fingerprint density at radius 1 is 0.730 bits per heavy atom. The van der Waals surface area contributed by atoms with Crippen molar-refractivity contribution in [3.8, 4) is 17.2 Å². The number of pyridine rings is 3.